The van der Waals surface area contributed by atoms with E-state index in [9.17, 15) is 9.59 Å². The van der Waals surface area contributed by atoms with Gasteiger partial charge in [0.1, 0.15) is 10.8 Å². The molecule has 11 heteroatoms. The zero-order valence-corrected chi connectivity index (χ0v) is 29.2. The first-order chi connectivity index (χ1) is 22.6. The van der Waals surface area contributed by atoms with Crippen LogP contribution in [0.3, 0.4) is 0 Å². The Hall–Kier alpha value is -4.05. The molecule has 0 bridgehead atoms. The van der Waals surface area contributed by atoms with Crippen molar-refractivity contribution in [2.24, 2.45) is 0 Å². The Morgan fingerprint density at radius 1 is 0.851 bits per heavy atom. The Balaban J connectivity index is 1.27. The first-order valence-electron chi connectivity index (χ1n) is 16.9. The second-order valence-corrected chi connectivity index (χ2v) is 13.5. The van der Waals surface area contributed by atoms with Crippen LogP contribution in [0, 0.1) is 0 Å². The number of carbonyl (C=O) groups excluding carboxylic acids is 2. The van der Waals surface area contributed by atoms with Crippen molar-refractivity contribution in [2.75, 3.05) is 23.1 Å². The zero-order chi connectivity index (χ0) is 33.8. The average Bonchev–Trinajstić information content (AvgIpc) is 3.59. The van der Waals surface area contributed by atoms with Crippen LogP contribution in [0.4, 0.5) is 21.9 Å². The fraction of sp³-hybridized carbons (Fsp3) is 0.500. The van der Waals surface area contributed by atoms with Gasteiger partial charge < -0.3 is 25.7 Å². The molecule has 0 saturated carbocycles. The summed E-state index contributed by atoms with van der Waals surface area (Å²) in [5.41, 5.74) is 3.49. The number of halogens is 1. The summed E-state index contributed by atoms with van der Waals surface area (Å²) in [4.78, 5) is 28.9. The van der Waals surface area contributed by atoms with Gasteiger partial charge in [-0.05, 0) is 36.8 Å². The number of unbranched alkanes of at least 4 members (excludes halogenated alkanes) is 10. The molecule has 3 amide bonds. The Morgan fingerprint density at radius 2 is 1.51 bits per heavy atom. The summed E-state index contributed by atoms with van der Waals surface area (Å²) in [5, 5.41) is 18.3. The van der Waals surface area contributed by atoms with E-state index in [1.165, 1.54) is 69.5 Å². The second-order valence-electron chi connectivity index (χ2n) is 13.1. The van der Waals surface area contributed by atoms with Crippen LogP contribution in [-0.2, 0) is 10.2 Å². The van der Waals surface area contributed by atoms with Crippen molar-refractivity contribution in [2.45, 2.75) is 110 Å². The van der Waals surface area contributed by atoms with Crippen molar-refractivity contribution in [3.63, 3.8) is 0 Å². The Kier molecular flexibility index (Phi) is 13.1. The molecule has 2 aromatic heterocycles. The maximum atomic E-state index is 13.0. The summed E-state index contributed by atoms with van der Waals surface area (Å²) in [6, 6.07) is 12.0. The van der Waals surface area contributed by atoms with Crippen molar-refractivity contribution >= 4 is 46.2 Å². The van der Waals surface area contributed by atoms with E-state index >= 15 is 0 Å². The number of anilines is 3. The van der Waals surface area contributed by atoms with Gasteiger partial charge in [-0.25, -0.2) is 4.79 Å². The molecule has 4 N–H and O–H groups in total. The van der Waals surface area contributed by atoms with E-state index in [1.807, 2.05) is 32.9 Å². The highest BCUT2D eigenvalue weighted by molar-refractivity contribution is 6.34. The minimum atomic E-state index is -0.461. The summed E-state index contributed by atoms with van der Waals surface area (Å²) in [5.74, 6) is 1.000. The Morgan fingerprint density at radius 3 is 2.15 bits per heavy atom. The van der Waals surface area contributed by atoms with Gasteiger partial charge in [-0.1, -0.05) is 116 Å². The number of carbonyl (C=O) groups is 2. The molecule has 10 nitrogen and oxygen atoms in total. The van der Waals surface area contributed by atoms with Crippen molar-refractivity contribution in [1.82, 2.24) is 19.8 Å². The fourth-order valence-corrected chi connectivity index (χ4v) is 5.94. The maximum Gasteiger partial charge on any atom is 0.323 e. The third kappa shape index (κ3) is 10.5. The van der Waals surface area contributed by atoms with Crippen molar-refractivity contribution < 1.29 is 14.3 Å². The molecule has 0 radical (unpaired) electrons. The highest BCUT2D eigenvalue weighted by Gasteiger charge is 2.25. The van der Waals surface area contributed by atoms with E-state index in [4.69, 9.17) is 16.3 Å². The fourth-order valence-electron chi connectivity index (χ4n) is 5.49. The molecule has 0 aliphatic rings. The van der Waals surface area contributed by atoms with Gasteiger partial charge in [0.2, 0.25) is 5.91 Å². The van der Waals surface area contributed by atoms with Crippen LogP contribution in [-0.4, -0.2) is 38.9 Å². The van der Waals surface area contributed by atoms with E-state index in [2.05, 4.69) is 38.1 Å². The number of methoxy groups -OCH3 is 1. The van der Waals surface area contributed by atoms with Gasteiger partial charge in [0.05, 0.1) is 18.5 Å². The highest BCUT2D eigenvalue weighted by atomic mass is 35.5. The zero-order valence-electron chi connectivity index (χ0n) is 28.5. The number of H-pyrrole nitrogens is 1. The van der Waals surface area contributed by atoms with Crippen LogP contribution in [0.15, 0.2) is 42.5 Å². The van der Waals surface area contributed by atoms with Crippen LogP contribution in [0.2, 0.25) is 5.02 Å². The van der Waals surface area contributed by atoms with Gasteiger partial charge in [-0.3, -0.25) is 4.79 Å². The van der Waals surface area contributed by atoms with Gasteiger partial charge in [0.15, 0.2) is 11.5 Å². The number of nitrogens with one attached hydrogen (secondary N) is 4. The first-order valence-corrected chi connectivity index (χ1v) is 17.3. The number of amides is 3. The van der Waals surface area contributed by atoms with Crippen molar-refractivity contribution in [3.8, 4) is 17.1 Å². The number of rotatable bonds is 17. The summed E-state index contributed by atoms with van der Waals surface area (Å²) >= 11 is 6.59. The monoisotopic (exact) mass is 663 g/mol. The number of urea groups is 1. The van der Waals surface area contributed by atoms with E-state index in [1.54, 1.807) is 30.3 Å². The molecule has 0 aliphatic heterocycles. The van der Waals surface area contributed by atoms with Crippen LogP contribution in [0.5, 0.6) is 5.75 Å². The summed E-state index contributed by atoms with van der Waals surface area (Å²) in [6.07, 6.45) is 14.1. The molecule has 0 spiro atoms. The lowest BCUT2D eigenvalue weighted by atomic mass is 9.92. The lowest BCUT2D eigenvalue weighted by Crippen LogP contribution is -2.20. The number of nitrogens with zero attached hydrogens (tertiary/aromatic N) is 3. The molecule has 47 heavy (non-hydrogen) atoms. The van der Waals surface area contributed by atoms with Gasteiger partial charge >= 0.3 is 6.03 Å². The van der Waals surface area contributed by atoms with Crippen LogP contribution in [0.25, 0.3) is 17.0 Å². The molecule has 4 rings (SSSR count). The second kappa shape index (κ2) is 17.2. The third-order valence-corrected chi connectivity index (χ3v) is 8.44. The number of benzene rings is 2. The maximum absolute atomic E-state index is 13.0. The number of ether oxygens (including phenoxy) is 1. The van der Waals surface area contributed by atoms with Gasteiger partial charge in [-0.15, -0.1) is 9.73 Å². The van der Waals surface area contributed by atoms with Gasteiger partial charge in [0.25, 0.3) is 0 Å². The molecular formula is C36H50ClN7O3. The summed E-state index contributed by atoms with van der Waals surface area (Å²) in [7, 11) is 1.53. The first kappa shape index (κ1) is 35.8. The van der Waals surface area contributed by atoms with Crippen LogP contribution < -0.4 is 20.7 Å². The van der Waals surface area contributed by atoms with E-state index in [0.29, 0.717) is 45.7 Å². The molecule has 4 aromatic rings. The minimum absolute atomic E-state index is 0.0421. The molecule has 0 unspecified atom stereocenters. The largest absolute Gasteiger partial charge is 0.495 e. The topological polar surface area (TPSA) is 125 Å². The normalized spacial score (nSPS) is 11.5. The van der Waals surface area contributed by atoms with Crippen LogP contribution in [0.1, 0.15) is 110 Å². The summed E-state index contributed by atoms with van der Waals surface area (Å²) < 4.78 is 6.95. The SMILES string of the molecule is CCCCCCCCCCCCCC(=O)Nc1ccc(OC)c(NC(=O)Nc2cccc(-c3nn4nc(C(C)(C)C)c(Cl)c4[nH]3)c2)c1. The molecule has 0 atom stereocenters. The standard InChI is InChI=1S/C36H50ClN7O3/c1-6-7-8-9-10-11-12-13-14-15-16-20-30(45)38-27-21-22-29(47-5)28(24-27)40-35(46)39-26-19-17-18-25(23-26)33-41-34-31(37)32(36(2,3)4)42-44(34)43-33/h17-19,21-24H,6-16,20H2,1-5H3,(H,38,45)(H,41,43)(H2,39,40,46). The smallest absolute Gasteiger partial charge is 0.323 e. The molecule has 0 saturated heterocycles. The quantitative estimate of drug-likeness (QED) is 0.0837. The third-order valence-electron chi connectivity index (χ3n) is 8.09. The number of aromatic nitrogens is 4. The number of aromatic amines is 1. The van der Waals surface area contributed by atoms with Gasteiger partial charge in [0, 0.05) is 28.8 Å². The van der Waals surface area contributed by atoms with E-state index < -0.39 is 6.03 Å². The lowest BCUT2D eigenvalue weighted by molar-refractivity contribution is -0.116. The molecule has 254 valence electrons. The predicted molar refractivity (Wildman–Crippen MR) is 192 cm³/mol. The lowest BCUT2D eigenvalue weighted by Gasteiger charge is -2.14. The van der Waals surface area contributed by atoms with Crippen molar-refractivity contribution in [3.05, 3.63) is 53.2 Å². The molecule has 2 heterocycles. The van der Waals surface area contributed by atoms with E-state index in [0.717, 1.165) is 24.1 Å². The molecule has 2 aromatic carbocycles. The van der Waals surface area contributed by atoms with Crippen molar-refractivity contribution in [1.29, 1.82) is 0 Å². The Bertz CT molecular complexity index is 1620. The average molecular weight is 664 g/mol. The van der Waals surface area contributed by atoms with Crippen LogP contribution >= 0.6 is 11.6 Å². The highest BCUT2D eigenvalue weighted by Crippen LogP contribution is 2.32. The number of fused-ring (bicyclic) bond motifs is 1. The molecule has 0 fully saturated rings. The molecular weight excluding hydrogens is 614 g/mol. The van der Waals surface area contributed by atoms with Gasteiger partial charge in [-0.2, -0.15) is 5.10 Å². The Labute approximate surface area is 283 Å². The molecule has 0 aliphatic carbocycles. The number of hydrogen-bond acceptors (Lipinski definition) is 5. The minimum Gasteiger partial charge on any atom is -0.495 e. The summed E-state index contributed by atoms with van der Waals surface area (Å²) in [6.45, 7) is 8.38. The number of hydrogen-bond donors (Lipinski definition) is 4. The predicted octanol–water partition coefficient (Wildman–Crippen LogP) is 9.97. The van der Waals surface area contributed by atoms with E-state index in [-0.39, 0.29) is 11.3 Å².